The zero-order valence-electron chi connectivity index (χ0n) is 33.3. The van der Waals surface area contributed by atoms with E-state index in [-0.39, 0.29) is 137 Å². The van der Waals surface area contributed by atoms with E-state index in [1.165, 1.54) is 32.9 Å². The number of aliphatic hydroxyl groups excluding tert-OH is 2. The van der Waals surface area contributed by atoms with Crippen LogP contribution in [0.25, 0.3) is 0 Å². The summed E-state index contributed by atoms with van der Waals surface area (Å²) in [7, 11) is 0. The summed E-state index contributed by atoms with van der Waals surface area (Å²) < 4.78 is 0. The summed E-state index contributed by atoms with van der Waals surface area (Å²) in [6.07, 6.45) is 2.58. The number of hydrogen-bond acceptors (Lipinski definition) is 20. The summed E-state index contributed by atoms with van der Waals surface area (Å²) in [5.74, 6) is 0.0247. The van der Waals surface area contributed by atoms with Crippen molar-refractivity contribution in [3.63, 3.8) is 0 Å². The number of Topliss-reactive ketones (excluding diaryl/α,β-unsaturated/α-hetero) is 2. The van der Waals surface area contributed by atoms with Gasteiger partial charge in [0.15, 0.2) is 11.6 Å². The Bertz CT molecular complexity index is 712. The van der Waals surface area contributed by atoms with Crippen molar-refractivity contribution < 1.29 is 174 Å². The summed E-state index contributed by atoms with van der Waals surface area (Å²) >= 11 is 0. The first-order valence-electron chi connectivity index (χ1n) is 12.3. The van der Waals surface area contributed by atoms with Gasteiger partial charge in [-0.1, -0.05) is 41.5 Å². The van der Waals surface area contributed by atoms with Crippen molar-refractivity contribution in [1.82, 2.24) is 0 Å². The average Bonchev–Trinajstić information content (AvgIpc) is 3.25. The first-order chi connectivity index (χ1) is 26.1. The maximum Gasteiger partial charge on any atom is 4.00 e. The third-order valence-electron chi connectivity index (χ3n) is 2.91. The molecule has 0 aliphatic carbocycles. The Morgan fingerprint density at radius 1 is 0.373 bits per heavy atom. The predicted molar refractivity (Wildman–Crippen MR) is 202 cm³/mol. The monoisotopic (exact) mass is 1200 g/mol. The number of hydrogen-bond donors (Lipinski definition) is 2. The minimum absolute atomic E-state index is 0. The number of aliphatic hydroxyl groups is 2. The second-order valence-electron chi connectivity index (χ2n) is 7.19. The molecule has 0 aromatic carbocycles. The molecule has 0 saturated carbocycles. The van der Waals surface area contributed by atoms with Crippen molar-refractivity contribution in [1.29, 1.82) is 0 Å². The van der Waals surface area contributed by atoms with Crippen molar-refractivity contribution in [2.45, 2.75) is 68.7 Å². The zero-order chi connectivity index (χ0) is 50.3. The molecule has 59 heavy (non-hydrogen) atoms. The molecule has 2 N–H and O–H groups in total. The van der Waals surface area contributed by atoms with E-state index in [4.69, 9.17) is 77.3 Å². The largest absolute Gasteiger partial charge is 4.00 e. The SMILES string of the molecule is CC(=O)CC(=O)C(C)C.CC(O)=CC(=O)C(C)C.CC(O)=CC(=O)C(C)C.[CH-]=O.[CH-]=O.[CH-]=O.[CH-]=O.[CH-]=O.[CH-]=O.[CH-]=O.[CH-]=O.[CH-]=O.[CH-]=O.[CH-]=O.[CH-]=O.[CH-]=O.[CH-]=O.[Ru+2].[Ru+4].[Ru+4].[Ru+4]. The van der Waals surface area contributed by atoms with Crippen LogP contribution in [-0.2, 0) is 164 Å². The maximum absolute atomic E-state index is 10.7. The molecule has 0 bridgehead atoms. The fourth-order valence-corrected chi connectivity index (χ4v) is 1.19. The van der Waals surface area contributed by atoms with E-state index in [1.54, 1.807) is 41.5 Å². The number of ketones is 4. The standard InChI is InChI=1S/3C7H12O2.14CHO.4Ru/c3*1-5(2)7(9)4-6(3)8;14*1-2;;;;/h5H,4H2,1-3H3;2*4-5,8H,1-3H3;14*1H;;;;/q;;;14*-1;+2;3*+4. The van der Waals surface area contributed by atoms with Gasteiger partial charge < -0.3 is 77.3 Å². The van der Waals surface area contributed by atoms with Gasteiger partial charge in [0.25, 0.3) is 0 Å². The molecule has 342 valence electrons. The number of rotatable bonds is 7. The summed E-state index contributed by atoms with van der Waals surface area (Å²) in [4.78, 5) is 151. The van der Waals surface area contributed by atoms with Gasteiger partial charge in [0, 0.05) is 29.9 Å². The molecule has 0 spiro atoms. The normalized spacial score (nSPS) is 6.17. The van der Waals surface area contributed by atoms with E-state index in [0.29, 0.717) is 0 Å². The van der Waals surface area contributed by atoms with Crippen LogP contribution in [0.15, 0.2) is 23.7 Å². The van der Waals surface area contributed by atoms with E-state index < -0.39 is 0 Å². The van der Waals surface area contributed by atoms with Crippen LogP contribution in [-0.4, -0.2) is 128 Å². The minimum Gasteiger partial charge on any atom is -0.545 e. The summed E-state index contributed by atoms with van der Waals surface area (Å²) in [6, 6.07) is 0. The van der Waals surface area contributed by atoms with Crippen LogP contribution in [0.4, 0.5) is 0 Å². The third kappa shape index (κ3) is 371. The molecule has 0 rings (SSSR count). The molecule has 0 aromatic heterocycles. The van der Waals surface area contributed by atoms with Crippen molar-refractivity contribution in [2.24, 2.45) is 17.8 Å². The average molecular weight is 1200 g/mol. The van der Waals surface area contributed by atoms with Crippen LogP contribution in [0.1, 0.15) is 68.7 Å². The second kappa shape index (κ2) is 226. The molecule has 0 aromatic rings. The van der Waals surface area contributed by atoms with Gasteiger partial charge in [0.1, 0.15) is 11.6 Å². The molecule has 0 heterocycles. The fourth-order valence-electron chi connectivity index (χ4n) is 1.19. The Labute approximate surface area is 400 Å². The van der Waals surface area contributed by atoms with Crippen LogP contribution >= 0.6 is 0 Å². The Morgan fingerprint density at radius 2 is 0.508 bits per heavy atom. The molecule has 20 nitrogen and oxygen atoms in total. The minimum atomic E-state index is -0.0475. The van der Waals surface area contributed by atoms with Gasteiger partial charge in [-0.2, -0.15) is 0 Å². The van der Waals surface area contributed by atoms with Crippen LogP contribution in [0.5, 0.6) is 0 Å². The molecule has 0 fully saturated rings. The molecular formula is C35H50O20Ru4. The molecule has 24 heteroatoms. The Hall–Kier alpha value is -4.37. The molecular weight excluding hydrogens is 1140 g/mol. The zero-order valence-corrected chi connectivity index (χ0v) is 40.3. The molecule has 0 atom stereocenters. The predicted octanol–water partition coefficient (Wildman–Crippen LogP) is 0.690. The van der Waals surface area contributed by atoms with Crippen molar-refractivity contribution in [3.8, 4) is 0 Å². The third-order valence-corrected chi connectivity index (χ3v) is 2.91. The molecule has 0 unspecified atom stereocenters. The molecule has 0 amide bonds. The van der Waals surface area contributed by atoms with E-state index in [2.05, 4.69) is 95.0 Å². The van der Waals surface area contributed by atoms with Crippen LogP contribution in [0.3, 0.4) is 0 Å². The Balaban J connectivity index is -0.0000000145. The first-order valence-corrected chi connectivity index (χ1v) is 12.3. The van der Waals surface area contributed by atoms with Crippen LogP contribution in [0, 0.1) is 17.8 Å². The quantitative estimate of drug-likeness (QED) is 0.0884. The van der Waals surface area contributed by atoms with Gasteiger partial charge in [0.2, 0.25) is 0 Å². The molecule has 0 saturated heterocycles. The molecule has 0 radical (unpaired) electrons. The van der Waals surface area contributed by atoms with Gasteiger partial charge >= 0.3 is 77.9 Å². The Kier molecular flexibility index (Phi) is 532. The fraction of sp³-hybridized carbons (Fsp3) is 0.371. The van der Waals surface area contributed by atoms with Crippen molar-refractivity contribution in [3.05, 3.63) is 23.7 Å². The maximum atomic E-state index is 10.7. The number of carbonyl (C=O) groups is 4. The van der Waals surface area contributed by atoms with E-state index >= 15 is 0 Å². The topological polar surface area (TPSA) is 348 Å². The van der Waals surface area contributed by atoms with E-state index in [0.717, 1.165) is 0 Å². The molecule has 0 aliphatic heterocycles. The smallest absolute Gasteiger partial charge is 0.545 e. The van der Waals surface area contributed by atoms with Crippen LogP contribution < -0.4 is 0 Å². The van der Waals surface area contributed by atoms with E-state index in [1.807, 2.05) is 0 Å². The van der Waals surface area contributed by atoms with Gasteiger partial charge in [0.05, 0.1) is 17.9 Å². The second-order valence-corrected chi connectivity index (χ2v) is 7.19. The van der Waals surface area contributed by atoms with Gasteiger partial charge in [-0.15, -0.1) is 0 Å². The summed E-state index contributed by atoms with van der Waals surface area (Å²) in [6.45, 7) is 60.7. The van der Waals surface area contributed by atoms with Gasteiger partial charge in [-0.3, -0.25) is 114 Å². The molecule has 0 aliphatic rings. The summed E-state index contributed by atoms with van der Waals surface area (Å²) in [5.41, 5.74) is 0. The number of carbonyl (C=O) groups excluding carboxylic acids is 18. The summed E-state index contributed by atoms with van der Waals surface area (Å²) in [5, 5.41) is 17.2. The van der Waals surface area contributed by atoms with Gasteiger partial charge in [-0.05, 0) is 20.8 Å². The van der Waals surface area contributed by atoms with Gasteiger partial charge in [-0.25, -0.2) is 0 Å². The first kappa shape index (κ1) is 139. The Morgan fingerprint density at radius 3 is 0.542 bits per heavy atom. The van der Waals surface area contributed by atoms with Crippen molar-refractivity contribution in [2.75, 3.05) is 0 Å². The number of allylic oxidation sites excluding steroid dienone is 4. The van der Waals surface area contributed by atoms with Crippen molar-refractivity contribution >= 4 is 118 Å². The van der Waals surface area contributed by atoms with E-state index in [9.17, 15) is 19.2 Å². The van der Waals surface area contributed by atoms with Crippen LogP contribution in [0.2, 0.25) is 0 Å².